The molecule has 0 fully saturated rings. The number of unbranched alkanes of at least 4 members (excludes halogenated alkanes) is 2. The Labute approximate surface area is 77.1 Å². The topological polar surface area (TPSA) is 0 Å². The van der Waals surface area contributed by atoms with Gasteiger partial charge in [0.15, 0.2) is 0 Å². The van der Waals surface area contributed by atoms with Gasteiger partial charge in [0.25, 0.3) is 0 Å². The maximum atomic E-state index is 5.66. The molecule has 2 heteroatoms. The zero-order chi connectivity index (χ0) is 7.82. The molecule has 0 N–H and O–H groups in total. The fourth-order valence-electron chi connectivity index (χ4n) is 1.07. The van der Waals surface area contributed by atoms with Gasteiger partial charge in [-0.15, -0.1) is 0 Å². The van der Waals surface area contributed by atoms with Crippen LogP contribution in [0.5, 0.6) is 0 Å². The summed E-state index contributed by atoms with van der Waals surface area (Å²) in [5.41, 5.74) is 0. The molecule has 62 valence electrons. The Kier molecular flexibility index (Phi) is 9.08. The Bertz CT molecular complexity index is 66.3. The van der Waals surface area contributed by atoms with E-state index >= 15 is 0 Å². The van der Waals surface area contributed by atoms with Gasteiger partial charge in [-0.2, -0.15) is 0 Å². The Balaban J connectivity index is 2.97. The summed E-state index contributed by atoms with van der Waals surface area (Å²) in [6.45, 7) is 2.27. The van der Waals surface area contributed by atoms with Gasteiger partial charge in [-0.25, -0.2) is 0 Å². The van der Waals surface area contributed by atoms with Crippen LogP contribution in [-0.4, -0.2) is 25.6 Å². The van der Waals surface area contributed by atoms with Crippen LogP contribution < -0.4 is 0 Å². The Morgan fingerprint density at radius 1 is 1.20 bits per heavy atom. The van der Waals surface area contributed by atoms with E-state index in [0.717, 1.165) is 5.88 Å². The number of alkyl halides is 1. The summed E-state index contributed by atoms with van der Waals surface area (Å²) in [6.07, 6.45) is 4.27. The monoisotopic (exact) mass is 270 g/mol. The summed E-state index contributed by atoms with van der Waals surface area (Å²) in [7, 11) is 0. The molecule has 0 aromatic heterocycles. The number of halogens is 1. The fraction of sp³-hybridized carbons (Fsp3) is 1.00. The first-order chi connectivity index (χ1) is 4.81. The molecule has 0 rings (SSSR count). The summed E-state index contributed by atoms with van der Waals surface area (Å²) in [6, 6.07) is 0. The average molecular weight is 269 g/mol. The van der Waals surface area contributed by atoms with Crippen LogP contribution in [0.3, 0.4) is 0 Å². The first kappa shape index (κ1) is 11.1. The van der Waals surface area contributed by atoms with Crippen molar-refractivity contribution in [3.05, 3.63) is 0 Å². The van der Waals surface area contributed by atoms with Crippen molar-refractivity contribution in [1.82, 2.24) is 0 Å². The average Bonchev–Trinajstić information content (AvgIpc) is 1.89. The quantitative estimate of drug-likeness (QED) is 0.394. The van der Waals surface area contributed by atoms with Gasteiger partial charge in [0.2, 0.25) is 0 Å². The molecule has 0 nitrogen and oxygen atoms in total. The molecule has 0 saturated carbocycles. The number of hydrogen-bond acceptors (Lipinski definition) is 0. The predicted octanol–water partition coefficient (Wildman–Crippen LogP) is 3.27. The molecule has 0 heterocycles. The normalized spacial score (nSPS) is 13.5. The zero-order valence-corrected chi connectivity index (χ0v) is 11.2. The van der Waals surface area contributed by atoms with Crippen LogP contribution in [0.2, 0.25) is 13.8 Å². The van der Waals surface area contributed by atoms with Crippen molar-refractivity contribution in [3.63, 3.8) is 0 Å². The van der Waals surface area contributed by atoms with Crippen molar-refractivity contribution < 1.29 is 0 Å². The molecule has 0 amide bonds. The van der Waals surface area contributed by atoms with Gasteiger partial charge in [0.1, 0.15) is 0 Å². The van der Waals surface area contributed by atoms with E-state index in [4.69, 9.17) is 11.6 Å². The summed E-state index contributed by atoms with van der Waals surface area (Å²) in [5.74, 6) is 0.920. The van der Waals surface area contributed by atoms with Crippen LogP contribution in [0.4, 0.5) is 0 Å². The zero-order valence-electron chi connectivity index (χ0n) is 7.20. The molecule has 1 atom stereocenters. The second-order valence-corrected chi connectivity index (χ2v) is 13.1. The summed E-state index contributed by atoms with van der Waals surface area (Å²) >= 11 is 4.68. The molecule has 1 unspecified atom stereocenters. The molecule has 0 spiro atoms. The van der Waals surface area contributed by atoms with Crippen molar-refractivity contribution in [1.29, 1.82) is 0 Å². The molecule has 10 heavy (non-hydrogen) atoms. The van der Waals surface area contributed by atoms with E-state index in [1.807, 2.05) is 0 Å². The third-order valence-corrected chi connectivity index (χ3v) is 10.8. The first-order valence-corrected chi connectivity index (χ1v) is 12.9. The molecule has 0 aliphatic heterocycles. The molecule has 0 aliphatic carbocycles. The van der Waals surface area contributed by atoms with Crippen molar-refractivity contribution in [3.8, 4) is 0 Å². The van der Waals surface area contributed by atoms with Gasteiger partial charge in [-0.05, 0) is 0 Å². The van der Waals surface area contributed by atoms with E-state index in [1.165, 1.54) is 23.7 Å². The second-order valence-electron chi connectivity index (χ2n) is 3.08. The minimum atomic E-state index is -0.982. The van der Waals surface area contributed by atoms with Crippen LogP contribution in [0.15, 0.2) is 0 Å². The van der Waals surface area contributed by atoms with Crippen molar-refractivity contribution in [2.24, 2.45) is 0 Å². The molecule has 0 bridgehead atoms. The van der Waals surface area contributed by atoms with E-state index < -0.39 is 19.8 Å². The molecule has 0 aromatic rings. The third-order valence-electron chi connectivity index (χ3n) is 1.90. The van der Waals surface area contributed by atoms with Gasteiger partial charge in [0, 0.05) is 0 Å². The molecule has 0 radical (unpaired) electrons. The van der Waals surface area contributed by atoms with Gasteiger partial charge in [-0.1, -0.05) is 0 Å². The second kappa shape index (κ2) is 8.19. The predicted molar refractivity (Wildman–Crippen MR) is 52.9 cm³/mol. The van der Waals surface area contributed by atoms with Crippen molar-refractivity contribution >= 4 is 31.4 Å². The molecule has 0 aliphatic rings. The Hall–Kier alpha value is 1.09. The molecule has 0 saturated heterocycles. The summed E-state index contributed by atoms with van der Waals surface area (Å²) in [4.78, 5) is 2.50. The standard InChI is InChI=1S/C5H11.C2H4Cl.CH3.Sn.H/c1-3-5-4-2;1-2-3;;;/h1,3-5H2,2H3;1-2H2;1H3;;. The third kappa shape index (κ3) is 7.20. The maximum absolute atomic E-state index is 5.66. The van der Waals surface area contributed by atoms with Crippen LogP contribution in [0.25, 0.3) is 0 Å². The van der Waals surface area contributed by atoms with Gasteiger partial charge >= 0.3 is 77.2 Å². The van der Waals surface area contributed by atoms with E-state index in [0.29, 0.717) is 0 Å². The van der Waals surface area contributed by atoms with Crippen molar-refractivity contribution in [2.45, 2.75) is 40.0 Å². The Morgan fingerprint density at radius 3 is 2.40 bits per heavy atom. The number of rotatable bonds is 6. The first-order valence-electron chi connectivity index (χ1n) is 4.37. The van der Waals surface area contributed by atoms with Gasteiger partial charge in [0.05, 0.1) is 0 Å². The van der Waals surface area contributed by atoms with Crippen LogP contribution >= 0.6 is 11.6 Å². The SMILES string of the molecule is CCCC[CH2][SnH]([CH3])[CH2]CCl. The van der Waals surface area contributed by atoms with Crippen LogP contribution in [0.1, 0.15) is 26.2 Å². The summed E-state index contributed by atoms with van der Waals surface area (Å²) in [5, 5.41) is 0. The minimum absolute atomic E-state index is 0.920. The van der Waals surface area contributed by atoms with Crippen LogP contribution in [-0.2, 0) is 0 Å². The van der Waals surface area contributed by atoms with Gasteiger partial charge < -0.3 is 0 Å². The summed E-state index contributed by atoms with van der Waals surface area (Å²) < 4.78 is 2.97. The van der Waals surface area contributed by atoms with Gasteiger partial charge in [-0.3, -0.25) is 0 Å². The number of hydrogen-bond donors (Lipinski definition) is 0. The van der Waals surface area contributed by atoms with E-state index in [-0.39, 0.29) is 0 Å². The molecule has 0 aromatic carbocycles. The van der Waals surface area contributed by atoms with E-state index in [9.17, 15) is 0 Å². The fourth-order valence-corrected chi connectivity index (χ4v) is 8.27. The molecular formula is C8H19ClSn. The Morgan fingerprint density at radius 2 is 1.90 bits per heavy atom. The van der Waals surface area contributed by atoms with E-state index in [2.05, 4.69) is 11.9 Å². The molecular weight excluding hydrogens is 250 g/mol. The van der Waals surface area contributed by atoms with E-state index in [1.54, 1.807) is 4.44 Å². The van der Waals surface area contributed by atoms with Crippen molar-refractivity contribution in [2.75, 3.05) is 5.88 Å². The van der Waals surface area contributed by atoms with Crippen LogP contribution in [0, 0.1) is 0 Å².